The summed E-state index contributed by atoms with van der Waals surface area (Å²) in [7, 11) is -3.74. The number of nitrogens with one attached hydrogen (secondary N) is 2. The summed E-state index contributed by atoms with van der Waals surface area (Å²) < 4.78 is 28.6. The van der Waals surface area contributed by atoms with E-state index in [9.17, 15) is 13.2 Å². The van der Waals surface area contributed by atoms with E-state index in [-0.39, 0.29) is 17.0 Å². The molecule has 0 saturated heterocycles. The number of rotatable bonds is 6. The second-order valence-electron chi connectivity index (χ2n) is 6.51. The van der Waals surface area contributed by atoms with Crippen molar-refractivity contribution in [2.24, 2.45) is 5.14 Å². The van der Waals surface area contributed by atoms with E-state index >= 15 is 0 Å². The molecule has 1 aromatic carbocycles. The molecule has 25 heavy (non-hydrogen) atoms. The lowest BCUT2D eigenvalue weighted by Crippen LogP contribution is -2.44. The number of ether oxygens (including phenoxy) is 1. The minimum Gasteiger partial charge on any atom is -0.491 e. The van der Waals surface area contributed by atoms with Gasteiger partial charge in [-0.05, 0) is 49.9 Å². The smallest absolute Gasteiger partial charge is 0.315 e. The van der Waals surface area contributed by atoms with Crippen LogP contribution in [0, 0.1) is 13.8 Å². The highest BCUT2D eigenvalue weighted by atomic mass is 32.2. The van der Waals surface area contributed by atoms with Crippen molar-refractivity contribution in [1.82, 2.24) is 10.6 Å². The molecule has 1 aromatic rings. The zero-order chi connectivity index (χ0) is 18.4. The zero-order valence-electron chi connectivity index (χ0n) is 14.8. The van der Waals surface area contributed by atoms with Crippen molar-refractivity contribution in [1.29, 1.82) is 0 Å². The quantitative estimate of drug-likeness (QED) is 0.666. The van der Waals surface area contributed by atoms with Crippen LogP contribution in [-0.4, -0.2) is 33.6 Å². The Hall–Kier alpha value is -1.80. The molecule has 140 valence electrons. The SMILES string of the molecule is Cc1cc(S(N)(=O)=O)c(C)cc1OCCNC(=O)NC1CCCCC1. The average molecular weight is 369 g/mol. The normalized spacial score (nSPS) is 15.6. The Kier molecular flexibility index (Phi) is 6.66. The standard InChI is InChI=1S/C17H27N3O4S/c1-12-11-16(25(18,22)23)13(2)10-15(12)24-9-8-19-17(21)20-14-6-4-3-5-7-14/h10-11,14H,3-9H2,1-2H3,(H2,18,22,23)(H2,19,20,21). The second-order valence-corrected chi connectivity index (χ2v) is 8.04. The largest absolute Gasteiger partial charge is 0.491 e. The van der Waals surface area contributed by atoms with E-state index in [1.54, 1.807) is 19.9 Å². The van der Waals surface area contributed by atoms with Crippen LogP contribution in [0.3, 0.4) is 0 Å². The van der Waals surface area contributed by atoms with Gasteiger partial charge < -0.3 is 15.4 Å². The Labute approximate surface area is 149 Å². The Balaban J connectivity index is 1.79. The van der Waals surface area contributed by atoms with Crippen molar-refractivity contribution >= 4 is 16.1 Å². The van der Waals surface area contributed by atoms with Gasteiger partial charge in [-0.15, -0.1) is 0 Å². The zero-order valence-corrected chi connectivity index (χ0v) is 15.6. The minimum absolute atomic E-state index is 0.0994. The molecular weight excluding hydrogens is 342 g/mol. The van der Waals surface area contributed by atoms with Crippen LogP contribution in [0.2, 0.25) is 0 Å². The van der Waals surface area contributed by atoms with Gasteiger partial charge in [0.05, 0.1) is 11.4 Å². The van der Waals surface area contributed by atoms with Gasteiger partial charge in [-0.1, -0.05) is 19.3 Å². The second kappa shape index (κ2) is 8.53. The summed E-state index contributed by atoms with van der Waals surface area (Å²) in [5.74, 6) is 0.583. The van der Waals surface area contributed by atoms with E-state index < -0.39 is 10.0 Å². The molecule has 4 N–H and O–H groups in total. The minimum atomic E-state index is -3.74. The summed E-state index contributed by atoms with van der Waals surface area (Å²) >= 11 is 0. The number of carbonyl (C=O) groups is 1. The topological polar surface area (TPSA) is 111 Å². The maximum absolute atomic E-state index is 11.8. The molecular formula is C17H27N3O4S. The number of sulfonamides is 1. The van der Waals surface area contributed by atoms with Crippen LogP contribution in [0.5, 0.6) is 5.75 Å². The first-order valence-electron chi connectivity index (χ1n) is 8.58. The molecule has 0 aliphatic heterocycles. The molecule has 0 radical (unpaired) electrons. The van der Waals surface area contributed by atoms with Gasteiger partial charge in [-0.2, -0.15) is 0 Å². The Bertz CT molecular complexity index is 713. The van der Waals surface area contributed by atoms with Crippen molar-refractivity contribution in [2.45, 2.75) is 56.9 Å². The number of hydrogen-bond donors (Lipinski definition) is 3. The van der Waals surface area contributed by atoms with E-state index in [4.69, 9.17) is 9.88 Å². The van der Waals surface area contributed by atoms with Gasteiger partial charge in [0.15, 0.2) is 0 Å². The van der Waals surface area contributed by atoms with E-state index in [0.29, 0.717) is 30.0 Å². The van der Waals surface area contributed by atoms with Crippen molar-refractivity contribution in [2.75, 3.05) is 13.2 Å². The van der Waals surface area contributed by atoms with Gasteiger partial charge >= 0.3 is 6.03 Å². The third kappa shape index (κ3) is 5.89. The number of hydrogen-bond acceptors (Lipinski definition) is 4. The first-order chi connectivity index (χ1) is 11.8. The number of benzene rings is 1. The fraction of sp³-hybridized carbons (Fsp3) is 0.588. The summed E-state index contributed by atoms with van der Waals surface area (Å²) in [5, 5.41) is 10.9. The third-order valence-electron chi connectivity index (χ3n) is 4.36. The van der Waals surface area contributed by atoms with Gasteiger partial charge in [-0.3, -0.25) is 0 Å². The number of aryl methyl sites for hydroxylation is 2. The summed E-state index contributed by atoms with van der Waals surface area (Å²) in [5.41, 5.74) is 1.22. The Morgan fingerprint density at radius 1 is 1.20 bits per heavy atom. The number of urea groups is 1. The van der Waals surface area contributed by atoms with Gasteiger partial charge in [0.2, 0.25) is 10.0 Å². The molecule has 1 aliphatic carbocycles. The summed E-state index contributed by atoms with van der Waals surface area (Å²) in [6.07, 6.45) is 5.66. The van der Waals surface area contributed by atoms with Crippen molar-refractivity contribution < 1.29 is 17.9 Å². The Morgan fingerprint density at radius 2 is 1.88 bits per heavy atom. The van der Waals surface area contributed by atoms with Crippen LogP contribution in [-0.2, 0) is 10.0 Å². The van der Waals surface area contributed by atoms with Crippen molar-refractivity contribution in [3.05, 3.63) is 23.3 Å². The molecule has 1 fully saturated rings. The molecule has 0 unspecified atom stereocenters. The number of primary sulfonamides is 1. The molecule has 0 atom stereocenters. The van der Waals surface area contributed by atoms with Crippen LogP contribution < -0.4 is 20.5 Å². The predicted molar refractivity (Wildman–Crippen MR) is 96.2 cm³/mol. The highest BCUT2D eigenvalue weighted by molar-refractivity contribution is 7.89. The molecule has 7 nitrogen and oxygen atoms in total. The molecule has 1 saturated carbocycles. The van der Waals surface area contributed by atoms with Crippen LogP contribution in [0.25, 0.3) is 0 Å². The van der Waals surface area contributed by atoms with Crippen molar-refractivity contribution in [3.8, 4) is 5.75 Å². The highest BCUT2D eigenvalue weighted by Gasteiger charge is 2.16. The number of amides is 2. The predicted octanol–water partition coefficient (Wildman–Crippen LogP) is 1.96. The van der Waals surface area contributed by atoms with E-state index in [1.807, 2.05) is 0 Å². The maximum Gasteiger partial charge on any atom is 0.315 e. The van der Waals surface area contributed by atoms with Gasteiger partial charge in [0.1, 0.15) is 12.4 Å². The number of nitrogens with two attached hydrogens (primary N) is 1. The van der Waals surface area contributed by atoms with E-state index in [0.717, 1.165) is 12.8 Å². The van der Waals surface area contributed by atoms with Gasteiger partial charge in [0.25, 0.3) is 0 Å². The number of carbonyl (C=O) groups excluding carboxylic acids is 1. The fourth-order valence-corrected chi connectivity index (χ4v) is 3.88. The highest BCUT2D eigenvalue weighted by Crippen LogP contribution is 2.25. The first kappa shape index (κ1) is 19.5. The molecule has 1 aliphatic rings. The van der Waals surface area contributed by atoms with E-state index in [1.165, 1.54) is 25.3 Å². The third-order valence-corrected chi connectivity index (χ3v) is 5.42. The van der Waals surface area contributed by atoms with E-state index in [2.05, 4.69) is 10.6 Å². The molecule has 8 heteroatoms. The fourth-order valence-electron chi connectivity index (χ4n) is 3.03. The molecule has 0 heterocycles. The molecule has 2 amide bonds. The monoisotopic (exact) mass is 369 g/mol. The summed E-state index contributed by atoms with van der Waals surface area (Å²) in [6, 6.07) is 3.25. The molecule has 0 bridgehead atoms. The summed E-state index contributed by atoms with van der Waals surface area (Å²) in [6.45, 7) is 4.09. The lowest BCUT2D eigenvalue weighted by atomic mass is 9.96. The van der Waals surface area contributed by atoms with Crippen molar-refractivity contribution in [3.63, 3.8) is 0 Å². The molecule has 0 spiro atoms. The maximum atomic E-state index is 11.8. The summed E-state index contributed by atoms with van der Waals surface area (Å²) in [4.78, 5) is 11.9. The molecule has 2 rings (SSSR count). The van der Waals surface area contributed by atoms with Crippen LogP contribution >= 0.6 is 0 Å². The molecule has 0 aromatic heterocycles. The van der Waals surface area contributed by atoms with Crippen LogP contribution in [0.1, 0.15) is 43.2 Å². The lowest BCUT2D eigenvalue weighted by molar-refractivity contribution is 0.228. The average Bonchev–Trinajstić information content (AvgIpc) is 2.54. The van der Waals surface area contributed by atoms with Gasteiger partial charge in [-0.25, -0.2) is 18.4 Å². The van der Waals surface area contributed by atoms with Gasteiger partial charge in [0, 0.05) is 6.04 Å². The van der Waals surface area contributed by atoms with Crippen LogP contribution in [0.4, 0.5) is 4.79 Å². The first-order valence-corrected chi connectivity index (χ1v) is 10.1. The van der Waals surface area contributed by atoms with Crippen LogP contribution in [0.15, 0.2) is 17.0 Å². The lowest BCUT2D eigenvalue weighted by Gasteiger charge is -2.22. The Morgan fingerprint density at radius 3 is 2.52 bits per heavy atom.